The number of rotatable bonds is 6. The van der Waals surface area contributed by atoms with Crippen LogP contribution >= 0.6 is 22.6 Å². The number of aromatic nitrogens is 2. The maximum atomic E-state index is 6.18. The van der Waals surface area contributed by atoms with Gasteiger partial charge in [0.2, 0.25) is 11.6 Å². The van der Waals surface area contributed by atoms with Gasteiger partial charge in [-0.2, -0.15) is 0 Å². The van der Waals surface area contributed by atoms with Crippen molar-refractivity contribution in [2.45, 2.75) is 12.6 Å². The summed E-state index contributed by atoms with van der Waals surface area (Å²) in [4.78, 5) is 8.57. The second kappa shape index (κ2) is 8.82. The number of hydrogen-bond donors (Lipinski definition) is 2. The minimum absolute atomic E-state index is 0.287. The van der Waals surface area contributed by atoms with E-state index in [9.17, 15) is 0 Å². The maximum absolute atomic E-state index is 6.18. The highest BCUT2D eigenvalue weighted by atomic mass is 127. The van der Waals surface area contributed by atoms with Gasteiger partial charge in [0.05, 0.1) is 19.9 Å². The highest BCUT2D eigenvalue weighted by Gasteiger charge is 2.27. The van der Waals surface area contributed by atoms with Crippen molar-refractivity contribution in [2.75, 3.05) is 31.9 Å². The number of nitrogens with one attached hydrogen (secondary N) is 1. The van der Waals surface area contributed by atoms with Gasteiger partial charge >= 0.3 is 0 Å². The number of fused-ring (bicyclic) bond motifs is 1. The SMILES string of the molecule is COc1ccc(C2COc3cc(CNc4ncc(I)cc4N)cc(OC)c3O2)cn1. The maximum Gasteiger partial charge on any atom is 0.212 e. The van der Waals surface area contributed by atoms with Crippen molar-refractivity contribution in [3.05, 3.63) is 57.4 Å². The Morgan fingerprint density at radius 2 is 2.03 bits per heavy atom. The number of hydrogen-bond acceptors (Lipinski definition) is 8. The molecule has 0 spiro atoms. The smallest absolute Gasteiger partial charge is 0.212 e. The van der Waals surface area contributed by atoms with Crippen molar-refractivity contribution < 1.29 is 18.9 Å². The molecule has 1 aliphatic rings. The van der Waals surface area contributed by atoms with Crippen molar-refractivity contribution >= 4 is 34.1 Å². The first-order valence-electron chi connectivity index (χ1n) is 9.22. The molecule has 0 radical (unpaired) electrons. The third kappa shape index (κ3) is 4.30. The highest BCUT2D eigenvalue weighted by molar-refractivity contribution is 14.1. The summed E-state index contributed by atoms with van der Waals surface area (Å²) < 4.78 is 23.8. The average Bonchev–Trinajstić information content (AvgIpc) is 2.77. The standard InChI is InChI=1S/C21H21IN4O4/c1-27-16-5-12(8-25-21-15(23)7-14(22)10-26-21)6-17-20(16)30-18(11-29-17)13-3-4-19(28-2)24-9-13/h3-7,9-10,18H,8,11,23H2,1-2H3,(H,25,26). The van der Waals surface area contributed by atoms with Crippen molar-refractivity contribution in [1.29, 1.82) is 0 Å². The molecule has 1 aromatic carbocycles. The van der Waals surface area contributed by atoms with Crippen LogP contribution in [-0.2, 0) is 6.54 Å². The summed E-state index contributed by atoms with van der Waals surface area (Å²) in [6, 6.07) is 9.41. The lowest BCUT2D eigenvalue weighted by Crippen LogP contribution is -2.22. The Kier molecular flexibility index (Phi) is 5.98. The predicted octanol–water partition coefficient (Wildman–Crippen LogP) is 3.81. The Hall–Kier alpha value is -2.95. The number of pyridine rings is 2. The molecule has 1 unspecified atom stereocenters. The van der Waals surface area contributed by atoms with Gasteiger partial charge in [0, 0.05) is 34.1 Å². The normalized spacial score (nSPS) is 14.8. The first-order chi connectivity index (χ1) is 14.6. The summed E-state index contributed by atoms with van der Waals surface area (Å²) in [5, 5.41) is 3.25. The van der Waals surface area contributed by atoms with E-state index in [0.29, 0.717) is 47.8 Å². The molecule has 3 N–H and O–H groups in total. The van der Waals surface area contributed by atoms with Crippen LogP contribution in [0.5, 0.6) is 23.1 Å². The second-order valence-electron chi connectivity index (χ2n) is 6.62. The topological polar surface area (TPSA) is 101 Å². The van der Waals surface area contributed by atoms with E-state index in [1.165, 1.54) is 0 Å². The molecule has 0 saturated carbocycles. The van der Waals surface area contributed by atoms with Crippen LogP contribution in [0.25, 0.3) is 0 Å². The molecule has 1 aliphatic heterocycles. The van der Waals surface area contributed by atoms with Gasteiger partial charge in [0.15, 0.2) is 17.6 Å². The van der Waals surface area contributed by atoms with Crippen LogP contribution in [0.2, 0.25) is 0 Å². The fraction of sp³-hybridized carbons (Fsp3) is 0.238. The fourth-order valence-electron chi connectivity index (χ4n) is 3.11. The number of anilines is 2. The van der Waals surface area contributed by atoms with Crippen LogP contribution in [0.1, 0.15) is 17.2 Å². The third-order valence-corrected chi connectivity index (χ3v) is 5.22. The molecule has 2 aromatic heterocycles. The molecule has 0 aliphatic carbocycles. The number of nitrogens with zero attached hydrogens (tertiary/aromatic N) is 2. The molecular weight excluding hydrogens is 499 g/mol. The molecule has 30 heavy (non-hydrogen) atoms. The Bertz CT molecular complexity index is 1030. The lowest BCUT2D eigenvalue weighted by Gasteiger charge is -2.28. The van der Waals surface area contributed by atoms with Crippen LogP contribution in [0.3, 0.4) is 0 Å². The van der Waals surface area contributed by atoms with Crippen molar-refractivity contribution in [1.82, 2.24) is 9.97 Å². The molecule has 156 valence electrons. The summed E-state index contributed by atoms with van der Waals surface area (Å²) in [7, 11) is 3.19. The lowest BCUT2D eigenvalue weighted by molar-refractivity contribution is 0.0867. The van der Waals surface area contributed by atoms with Gasteiger partial charge in [-0.25, -0.2) is 9.97 Å². The average molecular weight is 520 g/mol. The number of nitrogen functional groups attached to an aromatic ring is 1. The number of halogens is 1. The molecule has 3 aromatic rings. The molecule has 0 bridgehead atoms. The molecule has 0 amide bonds. The zero-order valence-electron chi connectivity index (χ0n) is 16.5. The molecule has 9 heteroatoms. The van der Waals surface area contributed by atoms with Gasteiger partial charge < -0.3 is 30.0 Å². The zero-order valence-corrected chi connectivity index (χ0v) is 18.7. The first-order valence-corrected chi connectivity index (χ1v) is 10.3. The van der Waals surface area contributed by atoms with E-state index in [1.807, 2.05) is 24.3 Å². The molecule has 4 rings (SSSR count). The first kappa shape index (κ1) is 20.3. The van der Waals surface area contributed by atoms with Gasteiger partial charge in [-0.05, 0) is 52.4 Å². The van der Waals surface area contributed by atoms with E-state index in [4.69, 9.17) is 24.7 Å². The lowest BCUT2D eigenvalue weighted by atomic mass is 10.1. The Morgan fingerprint density at radius 3 is 2.73 bits per heavy atom. The molecule has 8 nitrogen and oxygen atoms in total. The van der Waals surface area contributed by atoms with Crippen LogP contribution in [0.4, 0.5) is 11.5 Å². The van der Waals surface area contributed by atoms with Gasteiger partial charge in [-0.3, -0.25) is 0 Å². The second-order valence-corrected chi connectivity index (χ2v) is 7.87. The number of ether oxygens (including phenoxy) is 4. The molecule has 0 saturated heterocycles. The van der Waals surface area contributed by atoms with Gasteiger partial charge in [-0.1, -0.05) is 0 Å². The van der Waals surface area contributed by atoms with E-state index in [2.05, 4.69) is 37.9 Å². The summed E-state index contributed by atoms with van der Waals surface area (Å²) in [6.07, 6.45) is 3.20. The van der Waals surface area contributed by atoms with Crippen molar-refractivity contribution in [2.24, 2.45) is 0 Å². The quantitative estimate of drug-likeness (QED) is 0.474. The number of methoxy groups -OCH3 is 2. The van der Waals surface area contributed by atoms with Crippen molar-refractivity contribution in [3.8, 4) is 23.1 Å². The van der Waals surface area contributed by atoms with E-state index >= 15 is 0 Å². The van der Waals surface area contributed by atoms with Gasteiger partial charge in [-0.15, -0.1) is 0 Å². The predicted molar refractivity (Wildman–Crippen MR) is 121 cm³/mol. The van der Waals surface area contributed by atoms with Crippen molar-refractivity contribution in [3.63, 3.8) is 0 Å². The van der Waals surface area contributed by atoms with Crippen LogP contribution < -0.4 is 30.0 Å². The monoisotopic (exact) mass is 520 g/mol. The van der Waals surface area contributed by atoms with Crippen LogP contribution in [-0.4, -0.2) is 30.8 Å². The van der Waals surface area contributed by atoms with E-state index in [-0.39, 0.29) is 6.10 Å². The Balaban J connectivity index is 1.52. The molecule has 3 heterocycles. The largest absolute Gasteiger partial charge is 0.493 e. The van der Waals surface area contributed by atoms with Gasteiger partial charge in [0.1, 0.15) is 12.4 Å². The zero-order chi connectivity index (χ0) is 21.1. The van der Waals surface area contributed by atoms with E-state index in [0.717, 1.165) is 14.7 Å². The summed E-state index contributed by atoms with van der Waals surface area (Å²) >= 11 is 2.18. The fourth-order valence-corrected chi connectivity index (χ4v) is 3.58. The number of nitrogens with two attached hydrogens (primary N) is 1. The summed E-state index contributed by atoms with van der Waals surface area (Å²) in [6.45, 7) is 0.878. The van der Waals surface area contributed by atoms with E-state index in [1.54, 1.807) is 32.7 Å². The van der Waals surface area contributed by atoms with Gasteiger partial charge in [0.25, 0.3) is 0 Å². The highest BCUT2D eigenvalue weighted by Crippen LogP contribution is 2.44. The minimum atomic E-state index is -0.287. The number of benzene rings is 1. The Labute approximate surface area is 187 Å². The third-order valence-electron chi connectivity index (χ3n) is 4.63. The Morgan fingerprint density at radius 1 is 1.17 bits per heavy atom. The molecule has 1 atom stereocenters. The summed E-state index contributed by atoms with van der Waals surface area (Å²) in [5.41, 5.74) is 8.48. The van der Waals surface area contributed by atoms with Crippen LogP contribution in [0, 0.1) is 3.57 Å². The minimum Gasteiger partial charge on any atom is -0.493 e. The summed E-state index contributed by atoms with van der Waals surface area (Å²) in [5.74, 6) is 2.98. The molecule has 0 fully saturated rings. The van der Waals surface area contributed by atoms with E-state index < -0.39 is 0 Å². The van der Waals surface area contributed by atoms with Crippen LogP contribution in [0.15, 0.2) is 42.7 Å². The molecular formula is C21H21IN4O4.